The summed E-state index contributed by atoms with van der Waals surface area (Å²) in [5, 5.41) is 0.0790. The summed E-state index contributed by atoms with van der Waals surface area (Å²) in [5.41, 5.74) is 5.29. The van der Waals surface area contributed by atoms with Gasteiger partial charge in [-0.2, -0.15) is 4.31 Å². The number of anilines is 1. The molecular weight excluding hydrogens is 383 g/mol. The lowest BCUT2D eigenvalue weighted by atomic mass is 10.3. The van der Waals surface area contributed by atoms with E-state index >= 15 is 0 Å². The molecule has 1 aromatic rings. The Labute approximate surface area is 137 Å². The van der Waals surface area contributed by atoms with E-state index in [-0.39, 0.29) is 15.2 Å². The summed E-state index contributed by atoms with van der Waals surface area (Å²) in [6, 6.07) is 1.11. The van der Waals surface area contributed by atoms with Gasteiger partial charge in [-0.15, -0.1) is 0 Å². The molecule has 0 aromatic heterocycles. The highest BCUT2D eigenvalue weighted by molar-refractivity contribution is 9.10. The van der Waals surface area contributed by atoms with Gasteiger partial charge in [0.2, 0.25) is 10.0 Å². The van der Waals surface area contributed by atoms with Crippen molar-refractivity contribution in [2.45, 2.75) is 31.1 Å². The van der Waals surface area contributed by atoms with E-state index in [9.17, 15) is 12.8 Å². The zero-order valence-corrected chi connectivity index (χ0v) is 14.7. The molecule has 1 fully saturated rings. The largest absolute Gasteiger partial charge is 0.395 e. The van der Waals surface area contributed by atoms with Gasteiger partial charge >= 0.3 is 0 Å². The van der Waals surface area contributed by atoms with Crippen molar-refractivity contribution in [1.82, 2.24) is 4.31 Å². The monoisotopic (exact) mass is 398 g/mol. The molecule has 21 heavy (non-hydrogen) atoms. The highest BCUT2D eigenvalue weighted by Gasteiger charge is 2.34. The van der Waals surface area contributed by atoms with Crippen LogP contribution in [0.25, 0.3) is 0 Å². The quantitative estimate of drug-likeness (QED) is 0.587. The summed E-state index contributed by atoms with van der Waals surface area (Å²) in [7, 11) is -3.94. The lowest BCUT2D eigenvalue weighted by Crippen LogP contribution is -2.34. The van der Waals surface area contributed by atoms with Gasteiger partial charge in [0.05, 0.1) is 15.2 Å². The van der Waals surface area contributed by atoms with Gasteiger partial charge in [0.25, 0.3) is 0 Å². The van der Waals surface area contributed by atoms with E-state index in [1.807, 2.05) is 6.92 Å². The van der Waals surface area contributed by atoms with Gasteiger partial charge in [0.1, 0.15) is 4.90 Å². The number of sulfonamides is 1. The molecule has 1 saturated carbocycles. The van der Waals surface area contributed by atoms with E-state index in [0.29, 0.717) is 25.4 Å². The minimum absolute atomic E-state index is 0.0790. The predicted octanol–water partition coefficient (Wildman–Crippen LogP) is 3.63. The fourth-order valence-corrected chi connectivity index (χ4v) is 4.35. The van der Waals surface area contributed by atoms with Gasteiger partial charge in [-0.1, -0.05) is 18.5 Å². The second-order valence-corrected chi connectivity index (χ2v) is 8.31. The average Bonchev–Trinajstić information content (AvgIpc) is 3.24. The second kappa shape index (κ2) is 6.40. The normalized spacial score (nSPS) is 15.7. The summed E-state index contributed by atoms with van der Waals surface area (Å²) in [6.45, 7) is 2.66. The molecule has 118 valence electrons. The lowest BCUT2D eigenvalue weighted by molar-refractivity contribution is 0.393. The van der Waals surface area contributed by atoms with E-state index in [1.165, 1.54) is 4.31 Å². The molecule has 2 rings (SSSR count). The first-order valence-corrected chi connectivity index (χ1v) is 9.33. The fourth-order valence-electron chi connectivity index (χ4n) is 2.07. The van der Waals surface area contributed by atoms with Crippen LogP contribution in [0.2, 0.25) is 5.02 Å². The van der Waals surface area contributed by atoms with Crippen molar-refractivity contribution in [3.05, 3.63) is 21.4 Å². The van der Waals surface area contributed by atoms with E-state index in [2.05, 4.69) is 15.9 Å². The second-order valence-electron chi connectivity index (χ2n) is 5.20. The van der Waals surface area contributed by atoms with Crippen molar-refractivity contribution in [1.29, 1.82) is 0 Å². The molecule has 0 spiro atoms. The third kappa shape index (κ3) is 3.52. The Morgan fingerprint density at radius 2 is 2.14 bits per heavy atom. The topological polar surface area (TPSA) is 63.4 Å². The Morgan fingerprint density at radius 1 is 1.52 bits per heavy atom. The van der Waals surface area contributed by atoms with Crippen molar-refractivity contribution in [3.8, 4) is 0 Å². The van der Waals surface area contributed by atoms with Gasteiger partial charge in [-0.25, -0.2) is 12.8 Å². The minimum Gasteiger partial charge on any atom is -0.395 e. The Kier molecular flexibility index (Phi) is 5.18. The molecule has 4 nitrogen and oxygen atoms in total. The fraction of sp³-hybridized carbons (Fsp3) is 0.538. The standard InChI is InChI=1S/C13H17BrClFN2O2S/c1-2-5-18(7-8-3-4-8)21(19,20)10-6-9(15)11(14)13(17)12(10)16/h6,8H,2-5,7,17H2,1H3. The van der Waals surface area contributed by atoms with Crippen LogP contribution in [0.1, 0.15) is 26.2 Å². The first-order valence-electron chi connectivity index (χ1n) is 6.72. The summed E-state index contributed by atoms with van der Waals surface area (Å²) in [5.74, 6) is -0.583. The Bertz CT molecular complexity index is 650. The lowest BCUT2D eigenvalue weighted by Gasteiger charge is -2.22. The van der Waals surface area contributed by atoms with Crippen molar-refractivity contribution in [2.75, 3.05) is 18.8 Å². The molecule has 2 N–H and O–H groups in total. The van der Waals surface area contributed by atoms with Crippen LogP contribution in [0.4, 0.5) is 10.1 Å². The zero-order valence-electron chi connectivity index (χ0n) is 11.6. The Morgan fingerprint density at radius 3 is 2.67 bits per heavy atom. The van der Waals surface area contributed by atoms with Crippen molar-refractivity contribution >= 4 is 43.2 Å². The molecule has 1 aromatic carbocycles. The number of rotatable bonds is 6. The highest BCUT2D eigenvalue weighted by Crippen LogP contribution is 2.37. The van der Waals surface area contributed by atoms with Crippen LogP contribution in [-0.2, 0) is 10.0 Å². The summed E-state index contributed by atoms with van der Waals surface area (Å²) in [6.07, 6.45) is 2.69. The smallest absolute Gasteiger partial charge is 0.246 e. The number of nitrogens with two attached hydrogens (primary N) is 1. The Hall–Kier alpha value is -0.370. The van der Waals surface area contributed by atoms with E-state index < -0.39 is 20.7 Å². The first-order chi connectivity index (χ1) is 9.78. The number of nitrogens with zero attached hydrogens (tertiary/aromatic N) is 1. The van der Waals surface area contributed by atoms with Gasteiger partial charge in [-0.3, -0.25) is 0 Å². The molecule has 1 aliphatic rings. The predicted molar refractivity (Wildman–Crippen MR) is 85.3 cm³/mol. The molecule has 0 atom stereocenters. The van der Waals surface area contributed by atoms with Crippen LogP contribution in [0.5, 0.6) is 0 Å². The molecule has 0 radical (unpaired) electrons. The van der Waals surface area contributed by atoms with Gasteiger partial charge in [-0.05, 0) is 47.2 Å². The van der Waals surface area contributed by atoms with Crippen LogP contribution in [0.15, 0.2) is 15.4 Å². The minimum atomic E-state index is -3.94. The molecule has 0 heterocycles. The molecular formula is C13H17BrClFN2O2S. The first kappa shape index (κ1) is 17.0. The molecule has 0 aliphatic heterocycles. The maximum atomic E-state index is 14.3. The molecule has 0 saturated heterocycles. The van der Waals surface area contributed by atoms with Crippen LogP contribution in [0.3, 0.4) is 0 Å². The summed E-state index contributed by atoms with van der Waals surface area (Å²) in [4.78, 5) is -0.456. The number of hydrogen-bond donors (Lipinski definition) is 1. The van der Waals surface area contributed by atoms with E-state index in [0.717, 1.165) is 18.9 Å². The van der Waals surface area contributed by atoms with Crippen LogP contribution >= 0.6 is 27.5 Å². The highest BCUT2D eigenvalue weighted by atomic mass is 79.9. The number of benzene rings is 1. The number of hydrogen-bond acceptors (Lipinski definition) is 3. The van der Waals surface area contributed by atoms with E-state index in [1.54, 1.807) is 0 Å². The summed E-state index contributed by atoms with van der Waals surface area (Å²) < 4.78 is 41.1. The van der Waals surface area contributed by atoms with Crippen LogP contribution in [0, 0.1) is 11.7 Å². The zero-order chi connectivity index (χ0) is 15.8. The molecule has 0 amide bonds. The molecule has 1 aliphatic carbocycles. The maximum Gasteiger partial charge on any atom is 0.246 e. The summed E-state index contributed by atoms with van der Waals surface area (Å²) >= 11 is 8.96. The van der Waals surface area contributed by atoms with Gasteiger partial charge < -0.3 is 5.73 Å². The van der Waals surface area contributed by atoms with Crippen molar-refractivity contribution in [2.24, 2.45) is 5.92 Å². The van der Waals surface area contributed by atoms with E-state index in [4.69, 9.17) is 17.3 Å². The third-order valence-electron chi connectivity index (χ3n) is 3.41. The maximum absolute atomic E-state index is 14.3. The molecule has 0 unspecified atom stereocenters. The molecule has 8 heteroatoms. The van der Waals surface area contributed by atoms with Crippen molar-refractivity contribution in [3.63, 3.8) is 0 Å². The molecule has 0 bridgehead atoms. The number of halogens is 3. The number of nitrogen functional groups attached to an aromatic ring is 1. The average molecular weight is 400 g/mol. The SMILES string of the molecule is CCCN(CC1CC1)S(=O)(=O)c1cc(Cl)c(Br)c(N)c1F. The van der Waals surface area contributed by atoms with Crippen LogP contribution < -0.4 is 5.73 Å². The Balaban J connectivity index is 2.46. The van der Waals surface area contributed by atoms with Crippen LogP contribution in [-0.4, -0.2) is 25.8 Å². The third-order valence-corrected chi connectivity index (χ3v) is 6.65. The van der Waals surface area contributed by atoms with Crippen molar-refractivity contribution < 1.29 is 12.8 Å². The van der Waals surface area contributed by atoms with Gasteiger partial charge in [0, 0.05) is 13.1 Å². The van der Waals surface area contributed by atoms with Gasteiger partial charge in [0.15, 0.2) is 5.82 Å².